The fourth-order valence-corrected chi connectivity index (χ4v) is 1.65. The zero-order valence-corrected chi connectivity index (χ0v) is 10.2. The Kier molecular flexibility index (Phi) is 10.2. The van der Waals surface area contributed by atoms with E-state index in [2.05, 4.69) is 39.0 Å². The first-order valence-corrected chi connectivity index (χ1v) is 6.13. The molecule has 14 heavy (non-hydrogen) atoms. The fourth-order valence-electron chi connectivity index (χ4n) is 1.65. The van der Waals surface area contributed by atoms with Crippen molar-refractivity contribution in [1.82, 2.24) is 0 Å². The number of rotatable bonds is 8. The van der Waals surface area contributed by atoms with Gasteiger partial charge >= 0.3 is 0 Å². The smallest absolute Gasteiger partial charge is 0.0282 e. The van der Waals surface area contributed by atoms with Crippen molar-refractivity contribution < 1.29 is 0 Å². The van der Waals surface area contributed by atoms with Gasteiger partial charge in [0, 0.05) is 0 Å². The van der Waals surface area contributed by atoms with E-state index in [1.165, 1.54) is 50.5 Å². The summed E-state index contributed by atoms with van der Waals surface area (Å²) in [6, 6.07) is 0. The average Bonchev–Trinajstić information content (AvgIpc) is 2.21. The first kappa shape index (κ1) is 13.5. The maximum atomic E-state index is 2.27. The summed E-state index contributed by atoms with van der Waals surface area (Å²) in [5, 5.41) is 0. The van der Waals surface area contributed by atoms with Gasteiger partial charge in [0.2, 0.25) is 0 Å². The molecule has 0 saturated heterocycles. The van der Waals surface area contributed by atoms with Gasteiger partial charge in [0.1, 0.15) is 0 Å². The zero-order valence-electron chi connectivity index (χ0n) is 10.2. The number of hydrogen-bond acceptors (Lipinski definition) is 0. The Morgan fingerprint density at radius 2 is 1.57 bits per heavy atom. The van der Waals surface area contributed by atoms with E-state index in [4.69, 9.17) is 0 Å². The molecule has 0 fully saturated rings. The minimum atomic E-state index is 1.26. The summed E-state index contributed by atoms with van der Waals surface area (Å²) in [5.74, 6) is 0. The first-order valence-electron chi connectivity index (χ1n) is 6.13. The number of allylic oxidation sites excluding steroid dienone is 4. The Hall–Kier alpha value is -0.520. The highest BCUT2D eigenvalue weighted by molar-refractivity contribution is 5.16. The van der Waals surface area contributed by atoms with Gasteiger partial charge in [-0.1, -0.05) is 62.8 Å². The highest BCUT2D eigenvalue weighted by atomic mass is 14.0. The molecule has 0 radical (unpaired) electrons. The molecule has 0 amide bonds. The zero-order chi connectivity index (χ0) is 10.6. The SMILES string of the molecule is CC=CC(=CC)CCCCCCCC. The summed E-state index contributed by atoms with van der Waals surface area (Å²) in [5.41, 5.74) is 1.49. The Morgan fingerprint density at radius 1 is 0.929 bits per heavy atom. The molecule has 0 heterocycles. The number of hydrogen-bond donors (Lipinski definition) is 0. The van der Waals surface area contributed by atoms with Crippen LogP contribution in [-0.4, -0.2) is 0 Å². The lowest BCUT2D eigenvalue weighted by molar-refractivity contribution is 0.608. The molecule has 0 aliphatic heterocycles. The van der Waals surface area contributed by atoms with Crippen LogP contribution in [0.25, 0.3) is 0 Å². The molecule has 0 rings (SSSR count). The van der Waals surface area contributed by atoms with Crippen molar-refractivity contribution in [3.63, 3.8) is 0 Å². The van der Waals surface area contributed by atoms with Gasteiger partial charge in [0.15, 0.2) is 0 Å². The Balaban J connectivity index is 3.34. The van der Waals surface area contributed by atoms with E-state index < -0.39 is 0 Å². The molecule has 0 spiro atoms. The van der Waals surface area contributed by atoms with Gasteiger partial charge in [-0.2, -0.15) is 0 Å². The quantitative estimate of drug-likeness (QED) is 0.365. The normalized spacial score (nSPS) is 12.6. The van der Waals surface area contributed by atoms with Crippen LogP contribution < -0.4 is 0 Å². The maximum Gasteiger partial charge on any atom is -0.0282 e. The predicted molar refractivity (Wildman–Crippen MR) is 66.6 cm³/mol. The molecule has 82 valence electrons. The predicted octanol–water partition coefficient (Wildman–Crippen LogP) is 5.26. The highest BCUT2D eigenvalue weighted by Gasteiger charge is 1.92. The summed E-state index contributed by atoms with van der Waals surface area (Å²) in [4.78, 5) is 0. The van der Waals surface area contributed by atoms with Gasteiger partial charge in [-0.15, -0.1) is 0 Å². The molecule has 0 N–H and O–H groups in total. The van der Waals surface area contributed by atoms with Crippen LogP contribution in [0.1, 0.15) is 65.7 Å². The van der Waals surface area contributed by atoms with Crippen LogP contribution in [0.4, 0.5) is 0 Å². The van der Waals surface area contributed by atoms with Crippen molar-refractivity contribution in [3.05, 3.63) is 23.8 Å². The molecule has 0 aromatic carbocycles. The average molecular weight is 194 g/mol. The van der Waals surface area contributed by atoms with Crippen molar-refractivity contribution in [2.45, 2.75) is 65.7 Å². The van der Waals surface area contributed by atoms with E-state index in [-0.39, 0.29) is 0 Å². The molecular formula is C14H26. The first-order chi connectivity index (χ1) is 6.85. The lowest BCUT2D eigenvalue weighted by Crippen LogP contribution is -1.82. The van der Waals surface area contributed by atoms with E-state index in [0.717, 1.165) is 0 Å². The van der Waals surface area contributed by atoms with Crippen molar-refractivity contribution in [2.75, 3.05) is 0 Å². The van der Waals surface area contributed by atoms with Crippen LogP contribution in [0.5, 0.6) is 0 Å². The summed E-state index contributed by atoms with van der Waals surface area (Å²) < 4.78 is 0. The molecule has 0 heteroatoms. The third-order valence-electron chi connectivity index (χ3n) is 2.57. The van der Waals surface area contributed by atoms with Crippen LogP contribution in [0.15, 0.2) is 23.8 Å². The molecule has 0 aliphatic rings. The lowest BCUT2D eigenvalue weighted by atomic mass is 10.0. The van der Waals surface area contributed by atoms with E-state index in [0.29, 0.717) is 0 Å². The Bertz CT molecular complexity index is 163. The van der Waals surface area contributed by atoms with Gasteiger partial charge in [-0.25, -0.2) is 0 Å². The van der Waals surface area contributed by atoms with Crippen LogP contribution in [0.2, 0.25) is 0 Å². The van der Waals surface area contributed by atoms with Crippen molar-refractivity contribution >= 4 is 0 Å². The van der Waals surface area contributed by atoms with E-state index in [1.54, 1.807) is 0 Å². The number of unbranched alkanes of at least 4 members (excludes halogenated alkanes) is 5. The van der Waals surface area contributed by atoms with Gasteiger partial charge in [-0.05, 0) is 26.7 Å². The van der Waals surface area contributed by atoms with E-state index in [9.17, 15) is 0 Å². The van der Waals surface area contributed by atoms with Crippen molar-refractivity contribution in [3.8, 4) is 0 Å². The largest absolute Gasteiger partial charge is 0.0874 e. The fraction of sp³-hybridized carbons (Fsp3) is 0.714. The second-order valence-corrected chi connectivity index (χ2v) is 3.88. The van der Waals surface area contributed by atoms with Crippen LogP contribution in [0.3, 0.4) is 0 Å². The van der Waals surface area contributed by atoms with Gasteiger partial charge in [0.05, 0.1) is 0 Å². The molecule has 0 atom stereocenters. The van der Waals surface area contributed by atoms with Crippen molar-refractivity contribution in [1.29, 1.82) is 0 Å². The van der Waals surface area contributed by atoms with E-state index >= 15 is 0 Å². The topological polar surface area (TPSA) is 0 Å². The summed E-state index contributed by atoms with van der Waals surface area (Å²) >= 11 is 0. The molecule has 0 unspecified atom stereocenters. The molecule has 0 nitrogen and oxygen atoms in total. The molecular weight excluding hydrogens is 168 g/mol. The summed E-state index contributed by atoms with van der Waals surface area (Å²) in [7, 11) is 0. The Morgan fingerprint density at radius 3 is 2.14 bits per heavy atom. The molecule has 0 aliphatic carbocycles. The standard InChI is InChI=1S/C14H26/c1-4-7-8-9-10-11-13-14(6-3)12-5-2/h5-6,12H,4,7-11,13H2,1-3H3. The Labute approximate surface area is 90.1 Å². The summed E-state index contributed by atoms with van der Waals surface area (Å²) in [6.07, 6.45) is 16.2. The maximum absolute atomic E-state index is 2.27. The van der Waals surface area contributed by atoms with Crippen LogP contribution in [0, 0.1) is 0 Å². The monoisotopic (exact) mass is 194 g/mol. The lowest BCUT2D eigenvalue weighted by Gasteiger charge is -2.01. The van der Waals surface area contributed by atoms with Gasteiger partial charge in [-0.3, -0.25) is 0 Å². The van der Waals surface area contributed by atoms with Crippen LogP contribution >= 0.6 is 0 Å². The van der Waals surface area contributed by atoms with Crippen LogP contribution in [-0.2, 0) is 0 Å². The molecule has 0 aromatic rings. The molecule has 0 bridgehead atoms. The highest BCUT2D eigenvalue weighted by Crippen LogP contribution is 2.12. The third-order valence-corrected chi connectivity index (χ3v) is 2.57. The van der Waals surface area contributed by atoms with Gasteiger partial charge in [0.25, 0.3) is 0 Å². The van der Waals surface area contributed by atoms with E-state index in [1.807, 2.05) is 0 Å². The third kappa shape index (κ3) is 8.10. The van der Waals surface area contributed by atoms with Gasteiger partial charge < -0.3 is 0 Å². The van der Waals surface area contributed by atoms with Crippen molar-refractivity contribution in [2.24, 2.45) is 0 Å². The molecule has 0 saturated carbocycles. The summed E-state index contributed by atoms with van der Waals surface area (Å²) in [6.45, 7) is 6.49. The second-order valence-electron chi connectivity index (χ2n) is 3.88. The molecule has 0 aromatic heterocycles. The second kappa shape index (κ2) is 10.6. The minimum Gasteiger partial charge on any atom is -0.0874 e. The minimum absolute atomic E-state index is 1.26.